The van der Waals surface area contributed by atoms with Crippen molar-refractivity contribution in [1.29, 1.82) is 0 Å². The van der Waals surface area contributed by atoms with E-state index in [1.807, 2.05) is 0 Å². The monoisotopic (exact) mass is 403 g/mol. The summed E-state index contributed by atoms with van der Waals surface area (Å²) in [4.78, 5) is 8.35. The molecule has 3 N–H and O–H groups in total. The van der Waals surface area contributed by atoms with E-state index in [1.54, 1.807) is 6.07 Å². The van der Waals surface area contributed by atoms with E-state index in [9.17, 15) is 8.78 Å². The molecule has 2 aromatic carbocycles. The van der Waals surface area contributed by atoms with Crippen LogP contribution in [0.1, 0.15) is 6.42 Å². The number of nitrogens with two attached hydrogens (primary N) is 1. The summed E-state index contributed by atoms with van der Waals surface area (Å²) in [5.74, 6) is 1.76. The number of nitrogens with one attached hydrogen (secondary N) is 1. The first-order valence-electron chi connectivity index (χ1n) is 8.87. The van der Waals surface area contributed by atoms with Gasteiger partial charge in [0.05, 0.1) is 22.3 Å². The van der Waals surface area contributed by atoms with Crippen molar-refractivity contribution in [1.82, 2.24) is 9.97 Å². The summed E-state index contributed by atoms with van der Waals surface area (Å²) in [6.45, 7) is 0.513. The number of nitrogens with zero attached hydrogens (tertiary/aromatic N) is 3. The van der Waals surface area contributed by atoms with E-state index in [0.717, 1.165) is 11.5 Å². The summed E-state index contributed by atoms with van der Waals surface area (Å²) >= 11 is 0. The maximum Gasteiger partial charge on any atom is 0.145 e. The molecule has 1 aromatic heterocycles. The number of anilines is 2. The summed E-state index contributed by atoms with van der Waals surface area (Å²) in [6.07, 6.45) is 2.52. The van der Waals surface area contributed by atoms with Gasteiger partial charge in [0.25, 0.3) is 0 Å². The largest absolute Gasteiger partial charge is 0.490 e. The third kappa shape index (κ3) is 3.95. The minimum atomic E-state index is -0.463. The second-order valence-electron chi connectivity index (χ2n) is 6.26. The summed E-state index contributed by atoms with van der Waals surface area (Å²) in [5.41, 5.74) is 6.95. The first-order valence-corrected chi connectivity index (χ1v) is 10.4. The van der Waals surface area contributed by atoms with Crippen LogP contribution in [0.5, 0.6) is 5.75 Å². The Kier molecular flexibility index (Phi) is 5.45. The van der Waals surface area contributed by atoms with Crippen molar-refractivity contribution < 1.29 is 13.5 Å². The molecule has 4 rings (SSSR count). The lowest BCUT2D eigenvalue weighted by Crippen LogP contribution is -2.15. The number of aromatic nitrogens is 2. The van der Waals surface area contributed by atoms with Crippen molar-refractivity contribution in [3.63, 3.8) is 0 Å². The van der Waals surface area contributed by atoms with Gasteiger partial charge in [0.2, 0.25) is 0 Å². The van der Waals surface area contributed by atoms with E-state index in [-0.39, 0.29) is 40.8 Å². The van der Waals surface area contributed by atoms with Gasteiger partial charge in [-0.2, -0.15) is 0 Å². The van der Waals surface area contributed by atoms with Crippen LogP contribution in [0.4, 0.5) is 26.0 Å². The predicted molar refractivity (Wildman–Crippen MR) is 108 cm³/mol. The van der Waals surface area contributed by atoms with Crippen molar-refractivity contribution in [2.45, 2.75) is 6.42 Å². The molecule has 0 amide bonds. The van der Waals surface area contributed by atoms with Crippen LogP contribution in [-0.4, -0.2) is 34.6 Å². The molecule has 146 valence electrons. The minimum Gasteiger partial charge on any atom is -0.490 e. The molecule has 0 aliphatic carbocycles. The molecule has 1 aliphatic rings. The fraction of sp³-hybridized carbons (Fsp3) is 0.263. The second-order valence-corrected chi connectivity index (χ2v) is 8.19. The quantitative estimate of drug-likeness (QED) is 0.653. The number of hydrogen-bond acceptors (Lipinski definition) is 6. The van der Waals surface area contributed by atoms with Gasteiger partial charge in [-0.3, -0.25) is 0 Å². The molecule has 0 unspecified atom stereocenters. The lowest BCUT2D eigenvalue weighted by molar-refractivity contribution is 0.328. The Morgan fingerprint density at radius 2 is 2.04 bits per heavy atom. The minimum absolute atomic E-state index is 0.00715. The second kappa shape index (κ2) is 8.15. The third-order valence-electron chi connectivity index (χ3n) is 4.24. The molecule has 0 bridgehead atoms. The topological polar surface area (TPSA) is 85.4 Å². The molecule has 1 fully saturated rings. The average molecular weight is 403 g/mol. The smallest absolute Gasteiger partial charge is 0.145 e. The lowest BCUT2D eigenvalue weighted by atomic mass is 10.2. The van der Waals surface area contributed by atoms with Crippen LogP contribution in [0.2, 0.25) is 0 Å². The molecule has 3 aromatic rings. The Morgan fingerprint density at radius 3 is 2.79 bits per heavy atom. The zero-order valence-electron chi connectivity index (χ0n) is 15.0. The van der Waals surface area contributed by atoms with Crippen molar-refractivity contribution in [3.8, 4) is 5.75 Å². The van der Waals surface area contributed by atoms with E-state index in [1.165, 1.54) is 37.0 Å². The van der Waals surface area contributed by atoms with E-state index in [2.05, 4.69) is 19.6 Å². The highest BCUT2D eigenvalue weighted by Crippen LogP contribution is 2.33. The van der Waals surface area contributed by atoms with Crippen molar-refractivity contribution >= 4 is 38.8 Å². The van der Waals surface area contributed by atoms with Gasteiger partial charge in [0, 0.05) is 30.2 Å². The van der Waals surface area contributed by atoms with Gasteiger partial charge in [-0.15, -0.1) is 0 Å². The molecule has 9 heteroatoms. The highest BCUT2D eigenvalue weighted by molar-refractivity contribution is 7.88. The number of ether oxygens (including phenoxy) is 1. The SMILES string of the molecule is NCCOc1cc(F)ccc1Nc1ncnc2cc(N=S3CCC3)cc(F)c12. The number of benzene rings is 2. The standard InChI is InChI=1S/C19H19F2N5OS/c20-12-2-3-15(17(8-12)27-5-4-22)25-19-18-14(21)9-13(26-28-6-1-7-28)10-16(18)23-11-24-19/h2-3,8-11H,1,4-7,22H2,(H,23,24,25). The van der Waals surface area contributed by atoms with E-state index in [4.69, 9.17) is 10.5 Å². The molecule has 28 heavy (non-hydrogen) atoms. The normalized spacial score (nSPS) is 14.0. The molecule has 2 heterocycles. The summed E-state index contributed by atoms with van der Waals surface area (Å²) in [6, 6.07) is 7.20. The fourth-order valence-electron chi connectivity index (χ4n) is 2.80. The van der Waals surface area contributed by atoms with Crippen molar-refractivity contribution in [2.24, 2.45) is 10.1 Å². The Hall–Kier alpha value is -2.65. The molecule has 0 atom stereocenters. The van der Waals surface area contributed by atoms with E-state index >= 15 is 0 Å². The molecular weight excluding hydrogens is 384 g/mol. The highest BCUT2D eigenvalue weighted by atomic mass is 32.2. The number of halogens is 2. The fourth-order valence-corrected chi connectivity index (χ4v) is 3.94. The Bertz CT molecular complexity index is 1050. The van der Waals surface area contributed by atoms with Crippen LogP contribution >= 0.6 is 0 Å². The summed E-state index contributed by atoms with van der Waals surface area (Å²) < 4.78 is 38.5. The number of rotatable bonds is 6. The number of fused-ring (bicyclic) bond motifs is 1. The molecule has 6 nitrogen and oxygen atoms in total. The van der Waals surface area contributed by atoms with E-state index in [0.29, 0.717) is 16.9 Å². The summed E-state index contributed by atoms with van der Waals surface area (Å²) in [7, 11) is -0.00715. The van der Waals surface area contributed by atoms with Gasteiger partial charge >= 0.3 is 0 Å². The third-order valence-corrected chi connectivity index (χ3v) is 6.23. The predicted octanol–water partition coefficient (Wildman–Crippen LogP) is 3.83. The van der Waals surface area contributed by atoms with Gasteiger partial charge in [-0.05, 0) is 24.6 Å². The average Bonchev–Trinajstić information content (AvgIpc) is 2.65. The molecule has 0 spiro atoms. The van der Waals surface area contributed by atoms with Crippen molar-refractivity contribution in [3.05, 3.63) is 48.3 Å². The maximum absolute atomic E-state index is 14.9. The number of hydrogen-bond donors (Lipinski definition) is 2. The Labute approximate surface area is 163 Å². The van der Waals surface area contributed by atoms with Crippen LogP contribution < -0.4 is 15.8 Å². The zero-order valence-corrected chi connectivity index (χ0v) is 15.8. The lowest BCUT2D eigenvalue weighted by Gasteiger charge is -2.16. The van der Waals surface area contributed by atoms with Crippen LogP contribution in [0.15, 0.2) is 41.0 Å². The van der Waals surface area contributed by atoms with Gasteiger partial charge in [0.1, 0.15) is 36.1 Å². The molecular formula is C19H19F2N5OS. The van der Waals surface area contributed by atoms with E-state index < -0.39 is 11.6 Å². The Morgan fingerprint density at radius 1 is 1.18 bits per heavy atom. The maximum atomic E-state index is 14.9. The highest BCUT2D eigenvalue weighted by Gasteiger charge is 2.15. The van der Waals surface area contributed by atoms with Gasteiger partial charge < -0.3 is 15.8 Å². The first-order chi connectivity index (χ1) is 13.6. The van der Waals surface area contributed by atoms with Crippen LogP contribution in [0.3, 0.4) is 0 Å². The molecule has 1 saturated heterocycles. The van der Waals surface area contributed by atoms with Crippen LogP contribution in [0.25, 0.3) is 10.9 Å². The Balaban J connectivity index is 1.72. The first kappa shape index (κ1) is 18.7. The molecule has 0 radical (unpaired) electrons. The molecule has 0 saturated carbocycles. The van der Waals surface area contributed by atoms with Crippen molar-refractivity contribution in [2.75, 3.05) is 30.0 Å². The molecule has 1 aliphatic heterocycles. The van der Waals surface area contributed by atoms with Gasteiger partial charge in [-0.25, -0.2) is 23.1 Å². The summed E-state index contributed by atoms with van der Waals surface area (Å²) in [5, 5.41) is 3.27. The van der Waals surface area contributed by atoms with Gasteiger partial charge in [-0.1, -0.05) is 10.7 Å². The van der Waals surface area contributed by atoms with Crippen LogP contribution in [-0.2, 0) is 10.7 Å². The zero-order chi connectivity index (χ0) is 19.5. The van der Waals surface area contributed by atoms with Crippen LogP contribution in [0, 0.1) is 11.6 Å². The van der Waals surface area contributed by atoms with Gasteiger partial charge in [0.15, 0.2) is 0 Å².